The standard InChI is InChI=1S/C24H23ClN2O2S/c25-20-13-11-18(16-21(20)26-23(28)22-9-5-15-30-22)24(29)27-14-4-8-19(27)12-10-17-6-2-1-3-7-17/h1-3,5-7,9,11,13,15-16,19H,4,8,10,12,14H2,(H,26,28). The molecule has 3 aromatic rings. The monoisotopic (exact) mass is 438 g/mol. The number of amides is 2. The molecule has 0 radical (unpaired) electrons. The van der Waals surface area contributed by atoms with Gasteiger partial charge in [0.2, 0.25) is 0 Å². The third-order valence-electron chi connectivity index (χ3n) is 5.45. The number of halogens is 1. The number of hydrogen-bond acceptors (Lipinski definition) is 3. The number of rotatable bonds is 6. The zero-order valence-corrected chi connectivity index (χ0v) is 18.1. The molecule has 1 fully saturated rings. The zero-order valence-electron chi connectivity index (χ0n) is 16.5. The Hall–Kier alpha value is -2.63. The van der Waals surface area contributed by atoms with E-state index in [0.717, 1.165) is 32.2 Å². The quantitative estimate of drug-likeness (QED) is 0.521. The first-order valence-corrected chi connectivity index (χ1v) is 11.4. The van der Waals surface area contributed by atoms with Gasteiger partial charge in [0.1, 0.15) is 0 Å². The lowest BCUT2D eigenvalue weighted by Crippen LogP contribution is -2.35. The topological polar surface area (TPSA) is 49.4 Å². The Morgan fingerprint density at radius 1 is 1.10 bits per heavy atom. The van der Waals surface area contributed by atoms with Crippen molar-refractivity contribution in [3.05, 3.63) is 87.1 Å². The van der Waals surface area contributed by atoms with Gasteiger partial charge in [-0.1, -0.05) is 48.0 Å². The predicted molar refractivity (Wildman–Crippen MR) is 123 cm³/mol. The van der Waals surface area contributed by atoms with E-state index in [9.17, 15) is 9.59 Å². The molecule has 2 heterocycles. The van der Waals surface area contributed by atoms with Crippen LogP contribution in [0.4, 0.5) is 5.69 Å². The minimum atomic E-state index is -0.224. The number of carbonyl (C=O) groups is 2. The molecule has 0 saturated carbocycles. The Bertz CT molecular complexity index is 1020. The number of hydrogen-bond donors (Lipinski definition) is 1. The van der Waals surface area contributed by atoms with Crippen molar-refractivity contribution in [2.45, 2.75) is 31.7 Å². The van der Waals surface area contributed by atoms with Gasteiger partial charge in [0.05, 0.1) is 15.6 Å². The minimum Gasteiger partial charge on any atom is -0.336 e. The minimum absolute atomic E-state index is 0.00569. The molecule has 1 atom stereocenters. The molecular weight excluding hydrogens is 416 g/mol. The molecule has 1 aliphatic rings. The summed E-state index contributed by atoms with van der Waals surface area (Å²) in [6.07, 6.45) is 3.94. The average Bonchev–Trinajstić information content (AvgIpc) is 3.46. The first kappa shape index (κ1) is 20.6. The second-order valence-electron chi connectivity index (χ2n) is 7.44. The molecule has 2 amide bonds. The van der Waals surface area contributed by atoms with E-state index in [1.54, 1.807) is 24.3 Å². The van der Waals surface area contributed by atoms with Gasteiger partial charge in [0.25, 0.3) is 11.8 Å². The highest BCUT2D eigenvalue weighted by molar-refractivity contribution is 7.12. The van der Waals surface area contributed by atoms with Gasteiger partial charge in [-0.25, -0.2) is 0 Å². The van der Waals surface area contributed by atoms with Crippen LogP contribution in [-0.4, -0.2) is 29.3 Å². The summed E-state index contributed by atoms with van der Waals surface area (Å²) in [4.78, 5) is 28.2. The van der Waals surface area contributed by atoms with E-state index < -0.39 is 0 Å². The highest BCUT2D eigenvalue weighted by atomic mass is 35.5. The Balaban J connectivity index is 1.46. The molecule has 154 valence electrons. The Labute approximate surface area is 185 Å². The van der Waals surface area contributed by atoms with E-state index in [2.05, 4.69) is 17.4 Å². The SMILES string of the molecule is O=C(Nc1cc(C(=O)N2CCCC2CCc2ccccc2)ccc1Cl)c1cccs1. The normalized spacial score (nSPS) is 15.9. The van der Waals surface area contributed by atoms with Crippen LogP contribution < -0.4 is 5.32 Å². The maximum Gasteiger partial charge on any atom is 0.265 e. The molecular formula is C24H23ClN2O2S. The number of carbonyl (C=O) groups excluding carboxylic acids is 2. The number of anilines is 1. The zero-order chi connectivity index (χ0) is 20.9. The summed E-state index contributed by atoms with van der Waals surface area (Å²) >= 11 is 7.64. The van der Waals surface area contributed by atoms with Crippen molar-refractivity contribution in [2.24, 2.45) is 0 Å². The summed E-state index contributed by atoms with van der Waals surface area (Å²) in [7, 11) is 0. The third kappa shape index (κ3) is 4.74. The maximum atomic E-state index is 13.2. The van der Waals surface area contributed by atoms with Gasteiger partial charge in [0, 0.05) is 18.2 Å². The second-order valence-corrected chi connectivity index (χ2v) is 8.80. The van der Waals surface area contributed by atoms with Crippen molar-refractivity contribution in [1.29, 1.82) is 0 Å². The fraction of sp³-hybridized carbons (Fsp3) is 0.250. The van der Waals surface area contributed by atoms with Gasteiger partial charge in [-0.05, 0) is 60.9 Å². The molecule has 4 rings (SSSR count). The average molecular weight is 439 g/mol. The number of nitrogens with one attached hydrogen (secondary N) is 1. The smallest absolute Gasteiger partial charge is 0.265 e. The molecule has 1 saturated heterocycles. The summed E-state index contributed by atoms with van der Waals surface area (Å²) in [5.41, 5.74) is 2.30. The van der Waals surface area contributed by atoms with Crippen LogP contribution in [0.2, 0.25) is 5.02 Å². The lowest BCUT2D eigenvalue weighted by molar-refractivity contribution is 0.0730. The molecule has 1 N–H and O–H groups in total. The number of aryl methyl sites for hydroxylation is 1. The van der Waals surface area contributed by atoms with Crippen LogP contribution in [-0.2, 0) is 6.42 Å². The Morgan fingerprint density at radius 2 is 1.93 bits per heavy atom. The highest BCUT2D eigenvalue weighted by Gasteiger charge is 2.29. The van der Waals surface area contributed by atoms with Crippen LogP contribution in [0.3, 0.4) is 0 Å². The van der Waals surface area contributed by atoms with Gasteiger partial charge >= 0.3 is 0 Å². The first-order chi connectivity index (χ1) is 14.6. The van der Waals surface area contributed by atoms with E-state index in [1.165, 1.54) is 16.9 Å². The van der Waals surface area contributed by atoms with E-state index >= 15 is 0 Å². The lowest BCUT2D eigenvalue weighted by Gasteiger charge is -2.25. The molecule has 30 heavy (non-hydrogen) atoms. The Kier molecular flexibility index (Phi) is 6.50. The summed E-state index contributed by atoms with van der Waals surface area (Å²) in [5, 5.41) is 5.09. The third-order valence-corrected chi connectivity index (χ3v) is 6.65. The molecule has 4 nitrogen and oxygen atoms in total. The van der Waals surface area contributed by atoms with Crippen molar-refractivity contribution in [2.75, 3.05) is 11.9 Å². The first-order valence-electron chi connectivity index (χ1n) is 10.1. The fourth-order valence-electron chi connectivity index (χ4n) is 3.89. The lowest BCUT2D eigenvalue weighted by atomic mass is 10.0. The van der Waals surface area contributed by atoms with Gasteiger partial charge in [-0.2, -0.15) is 0 Å². The summed E-state index contributed by atoms with van der Waals surface area (Å²) < 4.78 is 0. The van der Waals surface area contributed by atoms with Crippen LogP contribution in [0.15, 0.2) is 66.0 Å². The summed E-state index contributed by atoms with van der Waals surface area (Å²) in [6.45, 7) is 0.762. The van der Waals surface area contributed by atoms with Gasteiger partial charge in [0.15, 0.2) is 0 Å². The van der Waals surface area contributed by atoms with Crippen LogP contribution in [0.1, 0.15) is 44.9 Å². The van der Waals surface area contributed by atoms with Gasteiger partial charge < -0.3 is 10.2 Å². The number of nitrogens with zero attached hydrogens (tertiary/aromatic N) is 1. The largest absolute Gasteiger partial charge is 0.336 e. The van der Waals surface area contributed by atoms with E-state index in [0.29, 0.717) is 21.2 Å². The van der Waals surface area contributed by atoms with Crippen LogP contribution >= 0.6 is 22.9 Å². The molecule has 0 spiro atoms. The van der Waals surface area contributed by atoms with Crippen molar-refractivity contribution in [1.82, 2.24) is 4.90 Å². The van der Waals surface area contributed by atoms with E-state index in [1.807, 2.05) is 34.5 Å². The second kappa shape index (κ2) is 9.45. The Morgan fingerprint density at radius 3 is 2.70 bits per heavy atom. The van der Waals surface area contributed by atoms with Gasteiger partial charge in [-0.15, -0.1) is 11.3 Å². The molecule has 1 aliphatic heterocycles. The van der Waals surface area contributed by atoms with E-state index in [-0.39, 0.29) is 17.9 Å². The predicted octanol–water partition coefficient (Wildman–Crippen LogP) is 5.89. The van der Waals surface area contributed by atoms with Crippen LogP contribution in [0, 0.1) is 0 Å². The molecule has 6 heteroatoms. The molecule has 0 bridgehead atoms. The van der Waals surface area contributed by atoms with Crippen LogP contribution in [0.25, 0.3) is 0 Å². The fourth-order valence-corrected chi connectivity index (χ4v) is 4.68. The summed E-state index contributed by atoms with van der Waals surface area (Å²) in [5.74, 6) is -0.229. The van der Waals surface area contributed by atoms with Crippen LogP contribution in [0.5, 0.6) is 0 Å². The number of likely N-dealkylation sites (tertiary alicyclic amines) is 1. The van der Waals surface area contributed by atoms with Crippen molar-refractivity contribution in [3.8, 4) is 0 Å². The van der Waals surface area contributed by atoms with Crippen molar-refractivity contribution < 1.29 is 9.59 Å². The molecule has 1 unspecified atom stereocenters. The molecule has 2 aromatic carbocycles. The highest BCUT2D eigenvalue weighted by Crippen LogP contribution is 2.28. The van der Waals surface area contributed by atoms with Gasteiger partial charge in [-0.3, -0.25) is 9.59 Å². The van der Waals surface area contributed by atoms with E-state index in [4.69, 9.17) is 11.6 Å². The van der Waals surface area contributed by atoms with Crippen molar-refractivity contribution >= 4 is 40.4 Å². The molecule has 1 aromatic heterocycles. The van der Waals surface area contributed by atoms with Crippen molar-refractivity contribution in [3.63, 3.8) is 0 Å². The maximum absolute atomic E-state index is 13.2. The summed E-state index contributed by atoms with van der Waals surface area (Å²) in [6, 6.07) is 19.3. The number of thiophene rings is 1. The number of benzene rings is 2. The molecule has 0 aliphatic carbocycles.